The average Bonchev–Trinajstić information content (AvgIpc) is 2.82. The molecule has 2 aliphatic heterocycles. The molecule has 0 saturated carbocycles. The van der Waals surface area contributed by atoms with E-state index in [9.17, 15) is 4.79 Å². The zero-order valence-corrected chi connectivity index (χ0v) is 21.3. The van der Waals surface area contributed by atoms with Crippen molar-refractivity contribution in [2.45, 2.75) is 65.2 Å². The van der Waals surface area contributed by atoms with Crippen molar-refractivity contribution in [3.05, 3.63) is 24.4 Å². The second-order valence-electron chi connectivity index (χ2n) is 9.55. The Labute approximate surface area is 202 Å². The highest BCUT2D eigenvalue weighted by Crippen LogP contribution is 2.38. The van der Waals surface area contributed by atoms with Crippen molar-refractivity contribution in [3.8, 4) is 5.75 Å². The number of amides is 1. The van der Waals surface area contributed by atoms with E-state index in [0.29, 0.717) is 24.5 Å². The first-order chi connectivity index (χ1) is 16.2. The van der Waals surface area contributed by atoms with E-state index in [1.165, 1.54) is 0 Å². The maximum atomic E-state index is 12.9. The highest BCUT2D eigenvalue weighted by atomic mass is 16.5. The fourth-order valence-corrected chi connectivity index (χ4v) is 4.90. The van der Waals surface area contributed by atoms with Crippen LogP contribution in [0.3, 0.4) is 0 Å². The maximum absolute atomic E-state index is 12.9. The van der Waals surface area contributed by atoms with E-state index >= 15 is 0 Å². The lowest BCUT2D eigenvalue weighted by atomic mass is 10.1. The molecular weight excluding hydrogens is 430 g/mol. The number of nitrogens with one attached hydrogen (secondary N) is 2. The van der Waals surface area contributed by atoms with Crippen LogP contribution in [0.2, 0.25) is 0 Å². The van der Waals surface area contributed by atoms with Gasteiger partial charge < -0.3 is 30.1 Å². The molecular formula is C25H37N7O2. The molecule has 1 aromatic heterocycles. The summed E-state index contributed by atoms with van der Waals surface area (Å²) < 4.78 is 5.73. The van der Waals surface area contributed by atoms with Gasteiger partial charge in [-0.1, -0.05) is 6.92 Å². The van der Waals surface area contributed by atoms with Gasteiger partial charge in [0.25, 0.3) is 0 Å². The van der Waals surface area contributed by atoms with Crippen molar-refractivity contribution < 1.29 is 9.53 Å². The van der Waals surface area contributed by atoms with Gasteiger partial charge in [-0.25, -0.2) is 4.98 Å². The molecule has 0 bridgehead atoms. The van der Waals surface area contributed by atoms with E-state index in [1.54, 1.807) is 25.3 Å². The van der Waals surface area contributed by atoms with Crippen LogP contribution in [0.25, 0.3) is 0 Å². The van der Waals surface area contributed by atoms with Gasteiger partial charge in [-0.2, -0.15) is 4.98 Å². The molecule has 184 valence electrons. The molecule has 34 heavy (non-hydrogen) atoms. The number of anilines is 5. The first-order valence-electron chi connectivity index (χ1n) is 12.1. The van der Waals surface area contributed by atoms with E-state index in [4.69, 9.17) is 9.72 Å². The minimum atomic E-state index is -0.238. The molecule has 2 N–H and O–H groups in total. The molecule has 9 heteroatoms. The smallest absolute Gasteiger partial charge is 0.249 e. The maximum Gasteiger partial charge on any atom is 0.249 e. The lowest BCUT2D eigenvalue weighted by Gasteiger charge is -2.42. The third-order valence-electron chi connectivity index (χ3n) is 6.78. The van der Waals surface area contributed by atoms with Crippen molar-refractivity contribution >= 4 is 34.7 Å². The molecule has 0 spiro atoms. The molecule has 2 aliphatic rings. The molecule has 3 atom stereocenters. The summed E-state index contributed by atoms with van der Waals surface area (Å²) in [4.78, 5) is 28.4. The van der Waals surface area contributed by atoms with Gasteiger partial charge in [0, 0.05) is 50.0 Å². The monoisotopic (exact) mass is 467 g/mol. The number of rotatable bonds is 6. The first kappa shape index (κ1) is 24.1. The minimum Gasteiger partial charge on any atom is -0.494 e. The Morgan fingerprint density at radius 2 is 2.06 bits per heavy atom. The van der Waals surface area contributed by atoms with Gasteiger partial charge in [0.1, 0.15) is 17.5 Å². The lowest BCUT2D eigenvalue weighted by molar-refractivity contribution is -0.120. The fraction of sp³-hybridized carbons (Fsp3) is 0.560. The topological polar surface area (TPSA) is 85.9 Å². The summed E-state index contributed by atoms with van der Waals surface area (Å²) in [5.74, 6) is 2.04. The first-order valence-corrected chi connectivity index (χ1v) is 12.1. The Kier molecular flexibility index (Phi) is 6.84. The number of hydrogen-bond acceptors (Lipinski definition) is 8. The van der Waals surface area contributed by atoms with Crippen LogP contribution in [0.4, 0.5) is 28.8 Å². The van der Waals surface area contributed by atoms with Crippen LogP contribution in [0.15, 0.2) is 24.4 Å². The lowest BCUT2D eigenvalue weighted by Crippen LogP contribution is -2.54. The standard InChI is InChI=1S/C25H37N7O2/c1-8-20-24(33)30(6)21-13-27-25(29-23(21)32(20)15(2)3)28-19-10-9-18(11-22(19)34-7)31-14-16(4)26-12-17(31)5/h9-11,13,15-17,20,26H,8,12,14H2,1-7H3,(H,27,28,29)/t16-,17+,20+/m0/s1. The molecule has 4 rings (SSSR count). The predicted molar refractivity (Wildman–Crippen MR) is 138 cm³/mol. The number of benzene rings is 1. The largest absolute Gasteiger partial charge is 0.494 e. The molecule has 1 fully saturated rings. The van der Waals surface area contributed by atoms with Crippen molar-refractivity contribution in [1.82, 2.24) is 15.3 Å². The van der Waals surface area contributed by atoms with Gasteiger partial charge in [0.05, 0.1) is 19.0 Å². The molecule has 0 aliphatic carbocycles. The number of fused-ring (bicyclic) bond motifs is 1. The van der Waals surface area contributed by atoms with Crippen LogP contribution in [0, 0.1) is 0 Å². The van der Waals surface area contributed by atoms with Gasteiger partial charge in [-0.15, -0.1) is 0 Å². The van der Waals surface area contributed by atoms with Crippen molar-refractivity contribution in [2.75, 3.05) is 47.3 Å². The Bertz CT molecular complexity index is 1040. The number of carbonyl (C=O) groups excluding carboxylic acids is 1. The molecule has 1 saturated heterocycles. The molecule has 0 radical (unpaired) electrons. The number of likely N-dealkylation sites (N-methyl/N-ethyl adjacent to an activating group) is 1. The van der Waals surface area contributed by atoms with Crippen LogP contribution < -0.4 is 30.1 Å². The summed E-state index contributed by atoms with van der Waals surface area (Å²) >= 11 is 0. The SMILES string of the molecule is CC[C@@H]1C(=O)N(C)c2cnc(Nc3ccc(N4C[C@H](C)NC[C@H]4C)cc3OC)nc2N1C(C)C. The van der Waals surface area contributed by atoms with Crippen LogP contribution in [-0.4, -0.2) is 67.3 Å². The van der Waals surface area contributed by atoms with Gasteiger partial charge in [-0.05, 0) is 46.2 Å². The normalized spacial score (nSPS) is 22.8. The molecule has 1 amide bonds. The van der Waals surface area contributed by atoms with Gasteiger partial charge >= 0.3 is 0 Å². The van der Waals surface area contributed by atoms with E-state index < -0.39 is 0 Å². The van der Waals surface area contributed by atoms with Crippen LogP contribution >= 0.6 is 0 Å². The summed E-state index contributed by atoms with van der Waals surface area (Å²) in [5.41, 5.74) is 2.65. The number of nitrogens with zero attached hydrogens (tertiary/aromatic N) is 5. The number of aromatic nitrogens is 2. The molecule has 1 aromatic carbocycles. The van der Waals surface area contributed by atoms with Gasteiger partial charge in [0.2, 0.25) is 11.9 Å². The fourth-order valence-electron chi connectivity index (χ4n) is 4.90. The number of carbonyl (C=O) groups is 1. The molecule has 9 nitrogen and oxygen atoms in total. The molecule has 2 aromatic rings. The molecule has 3 heterocycles. The van der Waals surface area contributed by atoms with E-state index in [1.807, 2.05) is 13.0 Å². The highest BCUT2D eigenvalue weighted by molar-refractivity contribution is 6.04. The third-order valence-corrected chi connectivity index (χ3v) is 6.78. The highest BCUT2D eigenvalue weighted by Gasteiger charge is 2.38. The Morgan fingerprint density at radius 3 is 2.74 bits per heavy atom. The zero-order chi connectivity index (χ0) is 24.6. The van der Waals surface area contributed by atoms with Crippen molar-refractivity contribution in [2.24, 2.45) is 0 Å². The quantitative estimate of drug-likeness (QED) is 0.669. The number of ether oxygens (including phenoxy) is 1. The van der Waals surface area contributed by atoms with Crippen molar-refractivity contribution in [1.29, 1.82) is 0 Å². The van der Waals surface area contributed by atoms with Crippen LogP contribution in [0.1, 0.15) is 41.0 Å². The number of piperazine rings is 1. The van der Waals surface area contributed by atoms with E-state index in [2.05, 4.69) is 65.2 Å². The molecule has 0 unspecified atom stereocenters. The van der Waals surface area contributed by atoms with E-state index in [-0.39, 0.29) is 18.0 Å². The Morgan fingerprint density at radius 1 is 1.29 bits per heavy atom. The zero-order valence-electron chi connectivity index (χ0n) is 21.3. The second kappa shape index (κ2) is 9.66. The Balaban J connectivity index is 1.65. The predicted octanol–water partition coefficient (Wildman–Crippen LogP) is 3.39. The summed E-state index contributed by atoms with van der Waals surface area (Å²) in [6.07, 6.45) is 2.43. The summed E-state index contributed by atoms with van der Waals surface area (Å²) in [5, 5.41) is 6.86. The van der Waals surface area contributed by atoms with Crippen molar-refractivity contribution in [3.63, 3.8) is 0 Å². The number of methoxy groups -OCH3 is 1. The van der Waals surface area contributed by atoms with Crippen LogP contribution in [-0.2, 0) is 4.79 Å². The second-order valence-corrected chi connectivity index (χ2v) is 9.55. The summed E-state index contributed by atoms with van der Waals surface area (Å²) in [6.45, 7) is 12.5. The van der Waals surface area contributed by atoms with Crippen LogP contribution in [0.5, 0.6) is 5.75 Å². The average molecular weight is 468 g/mol. The van der Waals surface area contributed by atoms with Gasteiger partial charge in [-0.3, -0.25) is 4.79 Å². The van der Waals surface area contributed by atoms with E-state index in [0.717, 1.165) is 41.7 Å². The summed E-state index contributed by atoms with van der Waals surface area (Å²) in [7, 11) is 3.46. The Hall–Kier alpha value is -3.07. The summed E-state index contributed by atoms with van der Waals surface area (Å²) in [6, 6.07) is 6.91. The third kappa shape index (κ3) is 4.36. The van der Waals surface area contributed by atoms with Gasteiger partial charge in [0.15, 0.2) is 5.82 Å². The minimum absolute atomic E-state index is 0.0710. The number of hydrogen-bond donors (Lipinski definition) is 2.